The van der Waals surface area contributed by atoms with Crippen molar-refractivity contribution < 1.29 is 0 Å². The van der Waals surface area contributed by atoms with E-state index in [1.54, 1.807) is 0 Å². The predicted octanol–water partition coefficient (Wildman–Crippen LogP) is 15.4. The molecule has 2 nitrogen and oxygen atoms in total. The van der Waals surface area contributed by atoms with E-state index in [0.717, 1.165) is 47.0 Å². The minimum atomic E-state index is 1.10. The van der Waals surface area contributed by atoms with Gasteiger partial charge in [-0.25, -0.2) is 0 Å². The fourth-order valence-corrected chi connectivity index (χ4v) is 7.57. The van der Waals surface area contributed by atoms with Gasteiger partial charge in [-0.15, -0.1) is 0 Å². The number of nitrogens with zero attached hydrogens (tertiary/aromatic N) is 2. The van der Waals surface area contributed by atoms with Crippen molar-refractivity contribution in [1.82, 2.24) is 0 Å². The lowest BCUT2D eigenvalue weighted by molar-refractivity contribution is 1.04. The lowest BCUT2D eigenvalue weighted by Crippen LogP contribution is -2.09. The molecule has 0 radical (unpaired) electrons. The highest BCUT2D eigenvalue weighted by Crippen LogP contribution is 2.38. The maximum Gasteiger partial charge on any atom is 0.0462 e. The molecule has 0 aliphatic heterocycles. The highest BCUT2D eigenvalue weighted by atomic mass is 15.1. The Morgan fingerprint density at radius 3 is 0.804 bits per heavy atom. The number of hydrogen-bond acceptors (Lipinski definition) is 2. The van der Waals surface area contributed by atoms with Gasteiger partial charge >= 0.3 is 0 Å². The van der Waals surface area contributed by atoms with Gasteiger partial charge in [0.05, 0.1) is 0 Å². The standard InChI is InChI=1S/C54H42N2/c1-5-13-41(14-6-1)46-29-35-53(36-30-46)56(51-19-11-4-12-20-51)54-39-33-48(34-40-54)45-27-23-43(24-28-45)42-21-25-44(26-22-42)47-31-37-52(38-32-47)55(49-15-7-2-8-16-49)50-17-9-3-10-18-50/h2-5,7-40H,1,6H2. The topological polar surface area (TPSA) is 6.48 Å². The summed E-state index contributed by atoms with van der Waals surface area (Å²) >= 11 is 0. The van der Waals surface area contributed by atoms with Crippen molar-refractivity contribution in [1.29, 1.82) is 0 Å². The van der Waals surface area contributed by atoms with Crippen molar-refractivity contribution in [2.75, 3.05) is 9.80 Å². The van der Waals surface area contributed by atoms with E-state index in [2.05, 4.69) is 240 Å². The minimum absolute atomic E-state index is 1.10. The van der Waals surface area contributed by atoms with Crippen LogP contribution in [0.15, 0.2) is 231 Å². The van der Waals surface area contributed by atoms with Crippen LogP contribution in [0.1, 0.15) is 18.4 Å². The number of rotatable bonds is 10. The van der Waals surface area contributed by atoms with Crippen molar-refractivity contribution in [3.63, 3.8) is 0 Å². The maximum absolute atomic E-state index is 2.33. The van der Waals surface area contributed by atoms with Crippen LogP contribution in [0.25, 0.3) is 39.0 Å². The molecule has 2 heteroatoms. The van der Waals surface area contributed by atoms with Gasteiger partial charge in [0.25, 0.3) is 0 Å². The van der Waals surface area contributed by atoms with Gasteiger partial charge in [0.1, 0.15) is 0 Å². The SMILES string of the molecule is C1=CC(c2ccc(N(c3ccccc3)c3ccc(-c4ccc(-c5ccc(-c6ccc(N(c7ccccc7)c7ccccc7)cc6)cc5)cc4)cc3)cc2)=CCC1. The van der Waals surface area contributed by atoms with Gasteiger partial charge in [-0.05, 0) is 130 Å². The Balaban J connectivity index is 0.908. The van der Waals surface area contributed by atoms with Gasteiger partial charge < -0.3 is 9.80 Å². The first-order valence-electron chi connectivity index (χ1n) is 19.4. The summed E-state index contributed by atoms with van der Waals surface area (Å²) < 4.78 is 0. The Bertz CT molecular complexity index is 2510. The molecule has 0 amide bonds. The van der Waals surface area contributed by atoms with Crippen LogP contribution in [0.5, 0.6) is 0 Å². The Morgan fingerprint density at radius 2 is 0.518 bits per heavy atom. The second kappa shape index (κ2) is 16.1. The molecule has 0 fully saturated rings. The number of para-hydroxylation sites is 3. The first kappa shape index (κ1) is 34.6. The molecule has 0 bridgehead atoms. The van der Waals surface area contributed by atoms with E-state index in [0.29, 0.717) is 0 Å². The zero-order valence-electron chi connectivity index (χ0n) is 31.2. The van der Waals surface area contributed by atoms with Gasteiger partial charge in [0.15, 0.2) is 0 Å². The second-order valence-electron chi connectivity index (χ2n) is 14.1. The van der Waals surface area contributed by atoms with Crippen LogP contribution >= 0.6 is 0 Å². The third-order valence-electron chi connectivity index (χ3n) is 10.5. The smallest absolute Gasteiger partial charge is 0.0462 e. The first-order chi connectivity index (χ1) is 27.8. The quantitative estimate of drug-likeness (QED) is 0.139. The van der Waals surface area contributed by atoms with E-state index >= 15 is 0 Å². The molecule has 1 aliphatic carbocycles. The summed E-state index contributed by atoms with van der Waals surface area (Å²) in [6.07, 6.45) is 9.06. The van der Waals surface area contributed by atoms with E-state index in [9.17, 15) is 0 Å². The normalized spacial score (nSPS) is 12.2. The molecule has 0 aromatic heterocycles. The Kier molecular flexibility index (Phi) is 9.92. The van der Waals surface area contributed by atoms with Crippen molar-refractivity contribution >= 4 is 39.7 Å². The van der Waals surface area contributed by atoms with Gasteiger partial charge in [-0.2, -0.15) is 0 Å². The van der Waals surface area contributed by atoms with Crippen molar-refractivity contribution in [2.45, 2.75) is 12.8 Å². The molecule has 0 spiro atoms. The van der Waals surface area contributed by atoms with Crippen LogP contribution in [0.2, 0.25) is 0 Å². The highest BCUT2D eigenvalue weighted by molar-refractivity contribution is 5.82. The van der Waals surface area contributed by atoms with Gasteiger partial charge in [0.2, 0.25) is 0 Å². The zero-order valence-corrected chi connectivity index (χ0v) is 31.2. The highest BCUT2D eigenvalue weighted by Gasteiger charge is 2.15. The largest absolute Gasteiger partial charge is 0.311 e. The number of allylic oxidation sites excluding steroid dienone is 4. The van der Waals surface area contributed by atoms with Crippen molar-refractivity contribution in [2.24, 2.45) is 0 Å². The summed E-state index contributed by atoms with van der Waals surface area (Å²) in [6, 6.07) is 76.1. The molecule has 0 unspecified atom stereocenters. The van der Waals surface area contributed by atoms with E-state index in [4.69, 9.17) is 0 Å². The Morgan fingerprint density at radius 1 is 0.250 bits per heavy atom. The molecule has 0 atom stereocenters. The summed E-state index contributed by atoms with van der Waals surface area (Å²) in [4.78, 5) is 4.61. The summed E-state index contributed by atoms with van der Waals surface area (Å²) in [7, 11) is 0. The molecular weight excluding hydrogens is 677 g/mol. The molecule has 8 aromatic rings. The average Bonchev–Trinajstić information content (AvgIpc) is 3.29. The Labute approximate surface area is 330 Å². The van der Waals surface area contributed by atoms with E-state index < -0.39 is 0 Å². The third-order valence-corrected chi connectivity index (χ3v) is 10.5. The van der Waals surface area contributed by atoms with Crippen molar-refractivity contribution in [3.8, 4) is 33.4 Å². The van der Waals surface area contributed by atoms with Gasteiger partial charge in [-0.1, -0.05) is 158 Å². The van der Waals surface area contributed by atoms with E-state index in [1.165, 1.54) is 44.5 Å². The molecule has 0 saturated heterocycles. The number of benzene rings is 8. The third kappa shape index (κ3) is 7.46. The predicted molar refractivity (Wildman–Crippen MR) is 238 cm³/mol. The minimum Gasteiger partial charge on any atom is -0.311 e. The van der Waals surface area contributed by atoms with E-state index in [-0.39, 0.29) is 0 Å². The van der Waals surface area contributed by atoms with Crippen LogP contribution in [-0.2, 0) is 0 Å². The fraction of sp³-hybridized carbons (Fsp3) is 0.0370. The van der Waals surface area contributed by atoms with Gasteiger partial charge in [0, 0.05) is 34.1 Å². The second-order valence-corrected chi connectivity index (χ2v) is 14.1. The van der Waals surface area contributed by atoms with Gasteiger partial charge in [-0.3, -0.25) is 0 Å². The average molecular weight is 719 g/mol. The summed E-state index contributed by atoms with van der Waals surface area (Å²) in [5, 5.41) is 0. The molecule has 0 N–H and O–H groups in total. The number of anilines is 6. The molecule has 0 heterocycles. The molecule has 9 rings (SSSR count). The molecule has 0 saturated carbocycles. The van der Waals surface area contributed by atoms with E-state index in [1.807, 2.05) is 0 Å². The molecule has 8 aromatic carbocycles. The molecule has 1 aliphatic rings. The molecule has 268 valence electrons. The fourth-order valence-electron chi connectivity index (χ4n) is 7.57. The van der Waals surface area contributed by atoms with Crippen LogP contribution < -0.4 is 9.80 Å². The van der Waals surface area contributed by atoms with Crippen molar-refractivity contribution in [3.05, 3.63) is 236 Å². The molecular formula is C54H42N2. The van der Waals surface area contributed by atoms with Crippen LogP contribution in [-0.4, -0.2) is 0 Å². The summed E-state index contributed by atoms with van der Waals surface area (Å²) in [5.74, 6) is 0. The summed E-state index contributed by atoms with van der Waals surface area (Å²) in [5.41, 5.74) is 16.5. The maximum atomic E-state index is 2.33. The monoisotopic (exact) mass is 718 g/mol. The number of hydrogen-bond donors (Lipinski definition) is 0. The lowest BCUT2D eigenvalue weighted by atomic mass is 9.97. The Hall–Kier alpha value is -7.16. The van der Waals surface area contributed by atoms with Crippen LogP contribution in [0, 0.1) is 0 Å². The molecule has 56 heavy (non-hydrogen) atoms. The zero-order chi connectivity index (χ0) is 37.5. The lowest BCUT2D eigenvalue weighted by Gasteiger charge is -2.26. The van der Waals surface area contributed by atoms with Crippen LogP contribution in [0.4, 0.5) is 34.1 Å². The van der Waals surface area contributed by atoms with Crippen LogP contribution in [0.3, 0.4) is 0 Å². The first-order valence-corrected chi connectivity index (χ1v) is 19.4. The summed E-state index contributed by atoms with van der Waals surface area (Å²) in [6.45, 7) is 0.